The first-order valence-electron chi connectivity index (χ1n) is 7.89. The van der Waals surface area contributed by atoms with Gasteiger partial charge in [-0.05, 0) is 51.2 Å². The molecule has 122 valence electrons. The molecule has 0 aromatic rings. The van der Waals surface area contributed by atoms with Crippen molar-refractivity contribution in [1.29, 1.82) is 0 Å². The summed E-state index contributed by atoms with van der Waals surface area (Å²) in [4.78, 5) is 25.2. The smallest absolute Gasteiger partial charge is 0.326 e. The highest BCUT2D eigenvalue weighted by molar-refractivity contribution is 5.82. The number of amides is 2. The number of nitrogens with zero attached hydrogens (tertiary/aromatic N) is 1. The first kappa shape index (κ1) is 17.8. The maximum Gasteiger partial charge on any atom is 0.326 e. The van der Waals surface area contributed by atoms with E-state index < -0.39 is 12.0 Å². The number of piperidine rings is 1. The van der Waals surface area contributed by atoms with E-state index in [1.54, 1.807) is 0 Å². The Hall–Kier alpha value is -1.30. The second-order valence-corrected chi connectivity index (χ2v) is 6.14. The quantitative estimate of drug-likeness (QED) is 0.665. The Morgan fingerprint density at radius 1 is 1.33 bits per heavy atom. The van der Waals surface area contributed by atoms with E-state index in [0.29, 0.717) is 18.9 Å². The van der Waals surface area contributed by atoms with Gasteiger partial charge < -0.3 is 20.6 Å². The normalized spacial score (nSPS) is 19.8. The Morgan fingerprint density at radius 3 is 2.48 bits per heavy atom. The monoisotopic (exact) mass is 299 g/mol. The zero-order chi connectivity index (χ0) is 15.8. The molecule has 0 aliphatic carbocycles. The molecule has 2 atom stereocenters. The minimum Gasteiger partial charge on any atom is -0.480 e. The van der Waals surface area contributed by atoms with Gasteiger partial charge in [0.25, 0.3) is 0 Å². The van der Waals surface area contributed by atoms with E-state index >= 15 is 0 Å². The second-order valence-electron chi connectivity index (χ2n) is 6.14. The third-order valence-electron chi connectivity index (χ3n) is 4.44. The Morgan fingerprint density at radius 2 is 1.95 bits per heavy atom. The molecule has 0 spiro atoms. The molecule has 6 heteroatoms. The molecule has 1 fully saturated rings. The van der Waals surface area contributed by atoms with E-state index in [1.165, 1.54) is 12.8 Å². The van der Waals surface area contributed by atoms with Crippen molar-refractivity contribution >= 4 is 12.0 Å². The highest BCUT2D eigenvalue weighted by Gasteiger charge is 2.25. The van der Waals surface area contributed by atoms with Crippen LogP contribution in [0.1, 0.15) is 39.5 Å². The topological polar surface area (TPSA) is 81.7 Å². The summed E-state index contributed by atoms with van der Waals surface area (Å²) in [5, 5.41) is 14.5. The van der Waals surface area contributed by atoms with Crippen molar-refractivity contribution < 1.29 is 14.7 Å². The van der Waals surface area contributed by atoms with Gasteiger partial charge >= 0.3 is 12.0 Å². The molecule has 0 bridgehead atoms. The lowest BCUT2D eigenvalue weighted by Gasteiger charge is -2.29. The summed E-state index contributed by atoms with van der Waals surface area (Å²) in [6.45, 7) is 6.59. The van der Waals surface area contributed by atoms with Gasteiger partial charge in [0.2, 0.25) is 0 Å². The zero-order valence-electron chi connectivity index (χ0n) is 13.4. The van der Waals surface area contributed by atoms with Gasteiger partial charge in [-0.2, -0.15) is 0 Å². The number of carbonyl (C=O) groups is 2. The minimum atomic E-state index is -0.977. The van der Waals surface area contributed by atoms with Gasteiger partial charge in [0.1, 0.15) is 6.04 Å². The number of likely N-dealkylation sites (tertiary alicyclic amines) is 1. The molecule has 3 N–H and O–H groups in total. The maximum atomic E-state index is 11.8. The van der Waals surface area contributed by atoms with Crippen molar-refractivity contribution in [2.24, 2.45) is 11.8 Å². The second kappa shape index (κ2) is 8.87. The van der Waals surface area contributed by atoms with Gasteiger partial charge in [0.15, 0.2) is 0 Å². The lowest BCUT2D eigenvalue weighted by molar-refractivity contribution is -0.140. The van der Waals surface area contributed by atoms with Gasteiger partial charge in [-0.3, -0.25) is 0 Å². The Balaban J connectivity index is 2.25. The van der Waals surface area contributed by atoms with Crippen LogP contribution in [0.3, 0.4) is 0 Å². The summed E-state index contributed by atoms with van der Waals surface area (Å²) < 4.78 is 0. The Kier molecular flexibility index (Phi) is 7.50. The van der Waals surface area contributed by atoms with Crippen LogP contribution in [-0.2, 0) is 4.79 Å². The van der Waals surface area contributed by atoms with E-state index in [4.69, 9.17) is 5.11 Å². The number of carboxylic acids is 1. The number of hydrogen-bond donors (Lipinski definition) is 3. The van der Waals surface area contributed by atoms with E-state index in [1.807, 2.05) is 13.8 Å². The summed E-state index contributed by atoms with van der Waals surface area (Å²) in [5.74, 6) is -0.400. The van der Waals surface area contributed by atoms with Crippen LogP contribution in [0, 0.1) is 11.8 Å². The number of aliphatic carboxylic acids is 1. The molecule has 1 heterocycles. The zero-order valence-corrected chi connectivity index (χ0v) is 13.4. The molecule has 21 heavy (non-hydrogen) atoms. The van der Waals surface area contributed by atoms with Crippen LogP contribution in [0.5, 0.6) is 0 Å². The van der Waals surface area contributed by atoms with Crippen molar-refractivity contribution in [3.05, 3.63) is 0 Å². The van der Waals surface area contributed by atoms with Crippen molar-refractivity contribution in [3.8, 4) is 0 Å². The largest absolute Gasteiger partial charge is 0.480 e. The molecule has 0 aromatic heterocycles. The molecule has 1 aliphatic heterocycles. The number of nitrogens with one attached hydrogen (secondary N) is 2. The minimum absolute atomic E-state index is 0.0814. The van der Waals surface area contributed by atoms with E-state index in [9.17, 15) is 9.59 Å². The number of hydrogen-bond acceptors (Lipinski definition) is 3. The number of carboxylic acid groups (broad SMARTS) is 1. The number of urea groups is 1. The van der Waals surface area contributed by atoms with E-state index in [2.05, 4.69) is 22.6 Å². The molecule has 1 saturated heterocycles. The molecule has 1 aliphatic rings. The van der Waals surface area contributed by atoms with Gasteiger partial charge in [-0.15, -0.1) is 0 Å². The Labute approximate surface area is 127 Å². The summed E-state index contributed by atoms with van der Waals surface area (Å²) in [7, 11) is 2.13. The summed E-state index contributed by atoms with van der Waals surface area (Å²) in [6.07, 6.45) is 4.02. The lowest BCUT2D eigenvalue weighted by atomic mass is 9.94. The molecule has 1 rings (SSSR count). The molecule has 0 aromatic carbocycles. The van der Waals surface area contributed by atoms with Gasteiger partial charge in [-0.1, -0.05) is 20.3 Å². The highest BCUT2D eigenvalue weighted by Crippen LogP contribution is 2.18. The molecule has 0 saturated carbocycles. The van der Waals surface area contributed by atoms with Crippen LogP contribution in [0.15, 0.2) is 0 Å². The fourth-order valence-corrected chi connectivity index (χ4v) is 2.62. The third-order valence-corrected chi connectivity index (χ3v) is 4.44. The first-order valence-corrected chi connectivity index (χ1v) is 7.89. The number of rotatable bonds is 7. The van der Waals surface area contributed by atoms with Gasteiger partial charge in [0.05, 0.1) is 0 Å². The average molecular weight is 299 g/mol. The van der Waals surface area contributed by atoms with Crippen molar-refractivity contribution in [2.45, 2.75) is 45.6 Å². The van der Waals surface area contributed by atoms with E-state index in [-0.39, 0.29) is 11.9 Å². The van der Waals surface area contributed by atoms with Crippen LogP contribution in [0.25, 0.3) is 0 Å². The molecule has 0 radical (unpaired) electrons. The summed E-state index contributed by atoms with van der Waals surface area (Å²) in [6, 6.07) is -1.20. The van der Waals surface area contributed by atoms with Crippen LogP contribution in [0.2, 0.25) is 0 Å². The maximum absolute atomic E-state index is 11.8. The summed E-state index contributed by atoms with van der Waals surface area (Å²) in [5.41, 5.74) is 0. The molecule has 0 unspecified atom stereocenters. The van der Waals surface area contributed by atoms with Crippen molar-refractivity contribution in [2.75, 3.05) is 26.7 Å². The first-order chi connectivity index (χ1) is 9.93. The van der Waals surface area contributed by atoms with Crippen molar-refractivity contribution in [3.63, 3.8) is 0 Å². The van der Waals surface area contributed by atoms with E-state index in [0.717, 1.165) is 19.5 Å². The fraction of sp³-hybridized carbons (Fsp3) is 0.867. The fourth-order valence-electron chi connectivity index (χ4n) is 2.62. The van der Waals surface area contributed by atoms with Gasteiger partial charge in [-0.25, -0.2) is 9.59 Å². The predicted molar refractivity (Wildman–Crippen MR) is 82.3 cm³/mol. The van der Waals surface area contributed by atoms with Crippen LogP contribution >= 0.6 is 0 Å². The summed E-state index contributed by atoms with van der Waals surface area (Å²) >= 11 is 0. The molecule has 6 nitrogen and oxygen atoms in total. The Bertz CT molecular complexity index is 341. The highest BCUT2D eigenvalue weighted by atomic mass is 16.4. The molecular formula is C15H29N3O3. The average Bonchev–Trinajstić information content (AvgIpc) is 2.45. The standard InChI is InChI=1S/C15H29N3O3/c1-4-11(2)13(14(19)20)17-15(21)16-8-5-12-6-9-18(3)10-7-12/h11-13H,4-10H2,1-3H3,(H,19,20)(H2,16,17,21)/t11-,13-/m0/s1. The lowest BCUT2D eigenvalue weighted by Crippen LogP contribution is -2.49. The molecular weight excluding hydrogens is 270 g/mol. The SMILES string of the molecule is CC[C@H](C)[C@H](NC(=O)NCCC1CCN(C)CC1)C(=O)O. The molecule has 2 amide bonds. The number of carbonyl (C=O) groups excluding carboxylic acids is 1. The van der Waals surface area contributed by atoms with Crippen LogP contribution < -0.4 is 10.6 Å². The predicted octanol–water partition coefficient (Wildman–Crippen LogP) is 1.52. The van der Waals surface area contributed by atoms with Crippen molar-refractivity contribution in [1.82, 2.24) is 15.5 Å². The van der Waals surface area contributed by atoms with Crippen LogP contribution in [-0.4, -0.2) is 54.7 Å². The third kappa shape index (κ3) is 6.33. The van der Waals surface area contributed by atoms with Gasteiger partial charge in [0, 0.05) is 6.54 Å². The van der Waals surface area contributed by atoms with Crippen LogP contribution in [0.4, 0.5) is 4.79 Å².